The van der Waals surface area contributed by atoms with E-state index in [1.165, 1.54) is 4.90 Å². The first-order valence-corrected chi connectivity index (χ1v) is 14.2. The zero-order valence-electron chi connectivity index (χ0n) is 21.9. The molecule has 36 heavy (non-hydrogen) atoms. The molecule has 0 saturated heterocycles. The van der Waals surface area contributed by atoms with Crippen molar-refractivity contribution >= 4 is 50.7 Å². The monoisotopic (exact) mass is 555 g/mol. The lowest BCUT2D eigenvalue weighted by atomic mass is 10.1. The summed E-state index contributed by atoms with van der Waals surface area (Å²) in [6.45, 7) is 10.5. The number of rotatable bonds is 9. The first-order valence-electron chi connectivity index (χ1n) is 11.6. The highest BCUT2D eigenvalue weighted by atomic mass is 35.5. The summed E-state index contributed by atoms with van der Waals surface area (Å²) in [7, 11) is -3.82. The van der Waals surface area contributed by atoms with Gasteiger partial charge in [0.15, 0.2) is 0 Å². The molecule has 0 aliphatic carbocycles. The molecule has 0 aliphatic heterocycles. The summed E-state index contributed by atoms with van der Waals surface area (Å²) in [5.41, 5.74) is 1.96. The number of halogens is 2. The first kappa shape index (κ1) is 29.9. The Bertz CT molecular complexity index is 1210. The van der Waals surface area contributed by atoms with Crippen LogP contribution in [0.2, 0.25) is 10.0 Å². The van der Waals surface area contributed by atoms with Gasteiger partial charge in [0, 0.05) is 22.1 Å². The van der Waals surface area contributed by atoms with Gasteiger partial charge in [-0.1, -0.05) is 54.4 Å². The Morgan fingerprint density at radius 3 is 2.11 bits per heavy atom. The van der Waals surface area contributed by atoms with Crippen molar-refractivity contribution in [1.82, 2.24) is 10.2 Å². The summed E-state index contributed by atoms with van der Waals surface area (Å²) >= 11 is 12.4. The van der Waals surface area contributed by atoms with Crippen molar-refractivity contribution < 1.29 is 18.0 Å². The fourth-order valence-corrected chi connectivity index (χ4v) is 5.41. The van der Waals surface area contributed by atoms with E-state index in [1.807, 2.05) is 26.8 Å². The van der Waals surface area contributed by atoms with E-state index in [2.05, 4.69) is 5.32 Å². The second-order valence-corrected chi connectivity index (χ2v) is 12.7. The molecule has 2 aromatic rings. The third-order valence-corrected chi connectivity index (χ3v) is 7.31. The van der Waals surface area contributed by atoms with Crippen molar-refractivity contribution in [3.63, 3.8) is 0 Å². The maximum Gasteiger partial charge on any atom is 0.244 e. The third kappa shape index (κ3) is 7.85. The largest absolute Gasteiger partial charge is 0.350 e. The second kappa shape index (κ2) is 11.8. The number of anilines is 1. The summed E-state index contributed by atoms with van der Waals surface area (Å²) in [4.78, 5) is 28.4. The van der Waals surface area contributed by atoms with Crippen LogP contribution in [0, 0.1) is 13.8 Å². The zero-order valence-corrected chi connectivity index (χ0v) is 24.2. The van der Waals surface area contributed by atoms with Crippen LogP contribution in [0.5, 0.6) is 0 Å². The molecule has 0 bridgehead atoms. The van der Waals surface area contributed by atoms with E-state index < -0.39 is 34.1 Å². The average Bonchev–Trinajstić information content (AvgIpc) is 2.72. The van der Waals surface area contributed by atoms with Gasteiger partial charge in [0.1, 0.15) is 12.6 Å². The van der Waals surface area contributed by atoms with Gasteiger partial charge in [-0.2, -0.15) is 0 Å². The molecule has 1 N–H and O–H groups in total. The second-order valence-electron chi connectivity index (χ2n) is 9.93. The van der Waals surface area contributed by atoms with E-state index in [0.29, 0.717) is 27.7 Å². The molecular weight excluding hydrogens is 521 g/mol. The lowest BCUT2D eigenvalue weighted by molar-refractivity contribution is -0.141. The van der Waals surface area contributed by atoms with Crippen LogP contribution in [0.3, 0.4) is 0 Å². The smallest absolute Gasteiger partial charge is 0.244 e. The number of carbonyl (C=O) groups excluding carboxylic acids is 2. The van der Waals surface area contributed by atoms with Gasteiger partial charge in [0.05, 0.1) is 11.9 Å². The summed E-state index contributed by atoms with van der Waals surface area (Å²) < 4.78 is 26.8. The van der Waals surface area contributed by atoms with Crippen molar-refractivity contribution in [3.05, 3.63) is 63.1 Å². The van der Waals surface area contributed by atoms with Gasteiger partial charge in [-0.05, 0) is 69.9 Å². The predicted molar refractivity (Wildman–Crippen MR) is 147 cm³/mol. The van der Waals surface area contributed by atoms with E-state index in [1.54, 1.807) is 51.1 Å². The molecule has 0 aliphatic rings. The number of hydrogen-bond donors (Lipinski definition) is 1. The molecule has 198 valence electrons. The van der Waals surface area contributed by atoms with Crippen LogP contribution in [0.4, 0.5) is 5.69 Å². The Balaban J connectivity index is 2.55. The Kier molecular flexibility index (Phi) is 9.84. The molecule has 2 amide bonds. The molecule has 2 aromatic carbocycles. The number of hydrogen-bond acceptors (Lipinski definition) is 4. The van der Waals surface area contributed by atoms with Gasteiger partial charge in [-0.15, -0.1) is 0 Å². The molecule has 0 radical (unpaired) electrons. The minimum absolute atomic E-state index is 0.00919. The van der Waals surface area contributed by atoms with Crippen LogP contribution < -0.4 is 9.62 Å². The number of amides is 2. The fourth-order valence-electron chi connectivity index (χ4n) is 3.98. The molecule has 0 heterocycles. The number of aryl methyl sites for hydroxylation is 2. The Morgan fingerprint density at radius 2 is 1.64 bits per heavy atom. The summed E-state index contributed by atoms with van der Waals surface area (Å²) in [6.07, 6.45) is 1.39. The minimum atomic E-state index is -3.82. The molecule has 0 unspecified atom stereocenters. The van der Waals surface area contributed by atoms with E-state index >= 15 is 0 Å². The van der Waals surface area contributed by atoms with E-state index in [9.17, 15) is 18.0 Å². The number of carbonyl (C=O) groups is 2. The first-order chi connectivity index (χ1) is 16.5. The maximum atomic E-state index is 13.8. The van der Waals surface area contributed by atoms with E-state index in [0.717, 1.165) is 21.7 Å². The van der Waals surface area contributed by atoms with Gasteiger partial charge in [-0.25, -0.2) is 8.42 Å². The van der Waals surface area contributed by atoms with Crippen LogP contribution in [0.1, 0.15) is 50.8 Å². The third-order valence-electron chi connectivity index (χ3n) is 5.61. The minimum Gasteiger partial charge on any atom is -0.350 e. The number of benzene rings is 2. The van der Waals surface area contributed by atoms with Crippen molar-refractivity contribution in [2.75, 3.05) is 17.1 Å². The molecule has 7 nitrogen and oxygen atoms in total. The van der Waals surface area contributed by atoms with Gasteiger partial charge >= 0.3 is 0 Å². The summed E-state index contributed by atoms with van der Waals surface area (Å²) in [6, 6.07) is 9.48. The molecule has 0 saturated carbocycles. The molecular formula is C26H35Cl2N3O4S. The average molecular weight is 557 g/mol. The Labute approximate surface area is 224 Å². The van der Waals surface area contributed by atoms with E-state index in [4.69, 9.17) is 23.2 Å². The molecule has 10 heteroatoms. The van der Waals surface area contributed by atoms with Crippen LogP contribution in [0.15, 0.2) is 36.4 Å². The van der Waals surface area contributed by atoms with Crippen LogP contribution in [-0.4, -0.2) is 49.5 Å². The van der Waals surface area contributed by atoms with Crippen LogP contribution in [0.25, 0.3) is 0 Å². The SMILES string of the molecule is CC[C@H](C(=O)NC(C)(C)C)N(Cc1ccc(Cl)cc1Cl)C(=O)CN(c1c(C)cccc1C)S(C)(=O)=O. The summed E-state index contributed by atoms with van der Waals surface area (Å²) in [5.74, 6) is -0.855. The quantitative estimate of drug-likeness (QED) is 0.466. The molecule has 1 atom stereocenters. The van der Waals surface area contributed by atoms with Gasteiger partial charge < -0.3 is 10.2 Å². The van der Waals surface area contributed by atoms with Gasteiger partial charge in [0.25, 0.3) is 0 Å². The van der Waals surface area contributed by atoms with Crippen LogP contribution in [-0.2, 0) is 26.2 Å². The standard InChI is InChI=1S/C26H35Cl2N3O4S/c1-8-22(25(33)29-26(4,5)6)30(15-19-12-13-20(27)14-21(19)28)23(32)16-31(36(7,34)35)24-17(2)10-9-11-18(24)3/h9-14,22H,8,15-16H2,1-7H3,(H,29,33)/t22-/m1/s1. The number of para-hydroxylation sites is 1. The topological polar surface area (TPSA) is 86.8 Å². The molecule has 0 aromatic heterocycles. The number of sulfonamides is 1. The van der Waals surface area contributed by atoms with Crippen molar-refractivity contribution in [2.24, 2.45) is 0 Å². The Morgan fingerprint density at radius 1 is 1.06 bits per heavy atom. The predicted octanol–water partition coefficient (Wildman–Crippen LogP) is 5.10. The number of nitrogens with one attached hydrogen (secondary N) is 1. The highest BCUT2D eigenvalue weighted by molar-refractivity contribution is 7.92. The number of nitrogens with zero attached hydrogens (tertiary/aromatic N) is 2. The highest BCUT2D eigenvalue weighted by Gasteiger charge is 2.34. The lowest BCUT2D eigenvalue weighted by Crippen LogP contribution is -2.55. The highest BCUT2D eigenvalue weighted by Crippen LogP contribution is 2.28. The van der Waals surface area contributed by atoms with Crippen molar-refractivity contribution in [3.8, 4) is 0 Å². The molecule has 2 rings (SSSR count). The van der Waals surface area contributed by atoms with Crippen molar-refractivity contribution in [1.29, 1.82) is 0 Å². The normalized spacial score (nSPS) is 12.7. The fraction of sp³-hybridized carbons (Fsp3) is 0.462. The summed E-state index contributed by atoms with van der Waals surface area (Å²) in [5, 5.41) is 3.72. The van der Waals surface area contributed by atoms with Gasteiger partial charge in [-0.3, -0.25) is 13.9 Å². The Hall–Kier alpha value is -2.29. The van der Waals surface area contributed by atoms with Crippen molar-refractivity contribution in [2.45, 2.75) is 66.1 Å². The van der Waals surface area contributed by atoms with Gasteiger partial charge in [0.2, 0.25) is 21.8 Å². The maximum absolute atomic E-state index is 13.8. The van der Waals surface area contributed by atoms with Crippen LogP contribution >= 0.6 is 23.2 Å². The molecule has 0 spiro atoms. The molecule has 0 fully saturated rings. The van der Waals surface area contributed by atoms with E-state index in [-0.39, 0.29) is 12.5 Å². The zero-order chi connectivity index (χ0) is 27.4. The lowest BCUT2D eigenvalue weighted by Gasteiger charge is -2.35.